The number of rotatable bonds is 6. The summed E-state index contributed by atoms with van der Waals surface area (Å²) in [5.74, 6) is -0.0528. The first-order valence-electron chi connectivity index (χ1n) is 8.79. The molecule has 4 heteroatoms. The van der Waals surface area contributed by atoms with Crippen molar-refractivity contribution in [2.75, 3.05) is 20.6 Å². The molecular weight excluding hydrogens is 322 g/mol. The Kier molecular flexibility index (Phi) is 5.54. The number of nitrogens with one attached hydrogen (secondary N) is 1. The highest BCUT2D eigenvalue weighted by atomic mass is 16.1. The SMILES string of the molecule is Cc1ccc(C(CNC(=O)c2ccc(-n3cccc3)cc2)N(C)C)cc1. The first kappa shape index (κ1) is 18.0. The minimum atomic E-state index is -0.0528. The average molecular weight is 347 g/mol. The summed E-state index contributed by atoms with van der Waals surface area (Å²) in [7, 11) is 4.06. The van der Waals surface area contributed by atoms with Gasteiger partial charge in [0, 0.05) is 30.2 Å². The van der Waals surface area contributed by atoms with Crippen LogP contribution in [0.2, 0.25) is 0 Å². The molecule has 0 saturated heterocycles. The van der Waals surface area contributed by atoms with Crippen LogP contribution in [0.4, 0.5) is 0 Å². The van der Waals surface area contributed by atoms with Gasteiger partial charge in [0.2, 0.25) is 0 Å². The second kappa shape index (κ2) is 8.02. The third kappa shape index (κ3) is 4.21. The third-order valence-corrected chi connectivity index (χ3v) is 4.57. The van der Waals surface area contributed by atoms with Crippen molar-refractivity contribution >= 4 is 5.91 Å². The van der Waals surface area contributed by atoms with Gasteiger partial charge >= 0.3 is 0 Å². The van der Waals surface area contributed by atoms with Crippen molar-refractivity contribution in [2.24, 2.45) is 0 Å². The van der Waals surface area contributed by atoms with Crippen LogP contribution in [-0.2, 0) is 0 Å². The molecule has 0 aliphatic rings. The number of hydrogen-bond donors (Lipinski definition) is 1. The zero-order chi connectivity index (χ0) is 18.5. The fourth-order valence-electron chi connectivity index (χ4n) is 2.97. The molecule has 1 unspecified atom stereocenters. The maximum Gasteiger partial charge on any atom is 0.251 e. The molecule has 1 aromatic heterocycles. The van der Waals surface area contributed by atoms with Crippen LogP contribution in [0.25, 0.3) is 5.69 Å². The van der Waals surface area contributed by atoms with Crippen molar-refractivity contribution in [3.63, 3.8) is 0 Å². The van der Waals surface area contributed by atoms with Gasteiger partial charge in [0.25, 0.3) is 5.91 Å². The molecule has 0 saturated carbocycles. The van der Waals surface area contributed by atoms with Gasteiger partial charge in [-0.1, -0.05) is 29.8 Å². The number of benzene rings is 2. The summed E-state index contributed by atoms with van der Waals surface area (Å²) < 4.78 is 2.02. The number of aromatic nitrogens is 1. The molecule has 0 aliphatic carbocycles. The highest BCUT2D eigenvalue weighted by Gasteiger charge is 2.15. The Balaban J connectivity index is 1.65. The van der Waals surface area contributed by atoms with Crippen molar-refractivity contribution in [1.29, 1.82) is 0 Å². The molecule has 0 bridgehead atoms. The van der Waals surface area contributed by atoms with Crippen molar-refractivity contribution in [1.82, 2.24) is 14.8 Å². The van der Waals surface area contributed by atoms with Crippen molar-refractivity contribution in [2.45, 2.75) is 13.0 Å². The van der Waals surface area contributed by atoms with Gasteiger partial charge in [-0.15, -0.1) is 0 Å². The van der Waals surface area contributed by atoms with E-state index in [1.54, 1.807) is 0 Å². The standard InChI is InChI=1S/C22H25N3O/c1-17-6-8-18(9-7-17)21(24(2)3)16-23-22(26)19-10-12-20(13-11-19)25-14-4-5-15-25/h4-15,21H,16H2,1-3H3,(H,23,26). The highest BCUT2D eigenvalue weighted by molar-refractivity contribution is 5.94. The van der Waals surface area contributed by atoms with Crippen LogP contribution in [-0.4, -0.2) is 36.0 Å². The quantitative estimate of drug-likeness (QED) is 0.736. The normalized spacial score (nSPS) is 12.2. The Hall–Kier alpha value is -2.85. The minimum Gasteiger partial charge on any atom is -0.350 e. The number of hydrogen-bond acceptors (Lipinski definition) is 2. The van der Waals surface area contributed by atoms with Gasteiger partial charge in [-0.3, -0.25) is 4.79 Å². The maximum absolute atomic E-state index is 12.5. The lowest BCUT2D eigenvalue weighted by Gasteiger charge is -2.25. The van der Waals surface area contributed by atoms with E-state index in [-0.39, 0.29) is 11.9 Å². The van der Waals surface area contributed by atoms with E-state index in [1.807, 2.05) is 67.5 Å². The molecule has 0 aliphatic heterocycles. The van der Waals surface area contributed by atoms with Gasteiger partial charge in [-0.2, -0.15) is 0 Å². The lowest BCUT2D eigenvalue weighted by molar-refractivity contribution is 0.0942. The summed E-state index contributed by atoms with van der Waals surface area (Å²) >= 11 is 0. The fraction of sp³-hybridized carbons (Fsp3) is 0.227. The van der Waals surface area contributed by atoms with Gasteiger partial charge in [-0.05, 0) is 63.0 Å². The number of aryl methyl sites for hydroxylation is 1. The Morgan fingerprint density at radius 3 is 2.19 bits per heavy atom. The summed E-state index contributed by atoms with van der Waals surface area (Å²) in [4.78, 5) is 14.6. The summed E-state index contributed by atoms with van der Waals surface area (Å²) in [5, 5.41) is 3.06. The van der Waals surface area contributed by atoms with Crippen LogP contribution in [0.3, 0.4) is 0 Å². The molecule has 1 atom stereocenters. The van der Waals surface area contributed by atoms with Crippen LogP contribution in [0.5, 0.6) is 0 Å². The van der Waals surface area contributed by atoms with Crippen molar-refractivity contribution in [3.05, 3.63) is 89.7 Å². The van der Waals surface area contributed by atoms with Crippen molar-refractivity contribution in [3.8, 4) is 5.69 Å². The van der Waals surface area contributed by atoms with Gasteiger partial charge in [0.1, 0.15) is 0 Å². The van der Waals surface area contributed by atoms with Crippen LogP contribution in [0.15, 0.2) is 73.1 Å². The van der Waals surface area contributed by atoms with E-state index in [1.165, 1.54) is 11.1 Å². The lowest BCUT2D eigenvalue weighted by Crippen LogP contribution is -2.34. The van der Waals surface area contributed by atoms with Gasteiger partial charge in [0.05, 0.1) is 6.04 Å². The molecule has 1 N–H and O–H groups in total. The molecule has 3 aromatic rings. The molecule has 1 heterocycles. The monoisotopic (exact) mass is 347 g/mol. The van der Waals surface area contributed by atoms with E-state index >= 15 is 0 Å². The Bertz CT molecular complexity index is 834. The third-order valence-electron chi connectivity index (χ3n) is 4.57. The minimum absolute atomic E-state index is 0.0528. The molecule has 0 spiro atoms. The van der Waals surface area contributed by atoms with E-state index in [0.29, 0.717) is 12.1 Å². The number of likely N-dealkylation sites (N-methyl/N-ethyl adjacent to an activating group) is 1. The zero-order valence-electron chi connectivity index (χ0n) is 15.5. The topological polar surface area (TPSA) is 37.3 Å². The smallest absolute Gasteiger partial charge is 0.251 e. The predicted octanol–water partition coefficient (Wildman–Crippen LogP) is 3.82. The summed E-state index contributed by atoms with van der Waals surface area (Å²) in [6.45, 7) is 2.64. The first-order chi connectivity index (χ1) is 12.5. The van der Waals surface area contributed by atoms with Crippen molar-refractivity contribution < 1.29 is 4.79 Å². The Morgan fingerprint density at radius 2 is 1.62 bits per heavy atom. The molecule has 1 amide bonds. The molecular formula is C22H25N3O. The molecule has 2 aromatic carbocycles. The van der Waals surface area contributed by atoms with E-state index in [9.17, 15) is 4.79 Å². The van der Waals surface area contributed by atoms with E-state index < -0.39 is 0 Å². The maximum atomic E-state index is 12.5. The van der Waals surface area contributed by atoms with E-state index in [0.717, 1.165) is 5.69 Å². The lowest BCUT2D eigenvalue weighted by atomic mass is 10.0. The predicted molar refractivity (Wildman–Crippen MR) is 106 cm³/mol. The van der Waals surface area contributed by atoms with Crippen LogP contribution >= 0.6 is 0 Å². The largest absolute Gasteiger partial charge is 0.350 e. The van der Waals surface area contributed by atoms with Crippen LogP contribution < -0.4 is 5.32 Å². The number of carbonyl (C=O) groups excluding carboxylic acids is 1. The second-order valence-electron chi connectivity index (χ2n) is 6.74. The van der Waals surface area contributed by atoms with Gasteiger partial charge in [0.15, 0.2) is 0 Å². The fourth-order valence-corrected chi connectivity index (χ4v) is 2.97. The highest BCUT2D eigenvalue weighted by Crippen LogP contribution is 2.18. The second-order valence-corrected chi connectivity index (χ2v) is 6.74. The molecule has 26 heavy (non-hydrogen) atoms. The molecule has 0 fully saturated rings. The summed E-state index contributed by atoms with van der Waals surface area (Å²) in [6, 6.07) is 20.2. The molecule has 0 radical (unpaired) electrons. The Labute approximate surface area is 155 Å². The van der Waals surface area contributed by atoms with Crippen LogP contribution in [0, 0.1) is 6.92 Å². The van der Waals surface area contributed by atoms with Gasteiger partial charge in [-0.25, -0.2) is 0 Å². The molecule has 134 valence electrons. The summed E-state index contributed by atoms with van der Waals surface area (Å²) in [5.41, 5.74) is 4.14. The number of amides is 1. The van der Waals surface area contributed by atoms with Gasteiger partial charge < -0.3 is 14.8 Å². The molecule has 3 rings (SSSR count). The summed E-state index contributed by atoms with van der Waals surface area (Å²) in [6.07, 6.45) is 3.97. The van der Waals surface area contributed by atoms with E-state index in [4.69, 9.17) is 0 Å². The van der Waals surface area contributed by atoms with E-state index in [2.05, 4.69) is 41.4 Å². The number of nitrogens with zero attached hydrogens (tertiary/aromatic N) is 2. The average Bonchev–Trinajstić information content (AvgIpc) is 3.18. The zero-order valence-corrected chi connectivity index (χ0v) is 15.5. The molecule has 4 nitrogen and oxygen atoms in total. The Morgan fingerprint density at radius 1 is 1.00 bits per heavy atom. The first-order valence-corrected chi connectivity index (χ1v) is 8.79. The number of carbonyl (C=O) groups is 1. The van der Waals surface area contributed by atoms with Crippen LogP contribution in [0.1, 0.15) is 27.5 Å².